The molecule has 4 heteroatoms. The number of nitrogens with two attached hydrogens (primary N) is 1. The maximum atomic E-state index is 13.1. The molecule has 3 unspecified atom stereocenters. The summed E-state index contributed by atoms with van der Waals surface area (Å²) in [5.74, 6) is 0.220. The number of hydrogen-bond acceptors (Lipinski definition) is 2. The molecule has 106 valence electrons. The van der Waals surface area contributed by atoms with Crippen molar-refractivity contribution in [1.29, 1.82) is 0 Å². The van der Waals surface area contributed by atoms with Gasteiger partial charge < -0.3 is 10.8 Å². The summed E-state index contributed by atoms with van der Waals surface area (Å²) in [6, 6.07) is 4.15. The highest BCUT2D eigenvalue weighted by Gasteiger charge is 2.44. The lowest BCUT2D eigenvalue weighted by Crippen LogP contribution is -2.34. The fourth-order valence-corrected chi connectivity index (χ4v) is 3.49. The van der Waals surface area contributed by atoms with Gasteiger partial charge in [-0.25, -0.2) is 4.39 Å². The molecule has 0 aromatic heterocycles. The maximum Gasteiger partial charge on any atom is 0.124 e. The van der Waals surface area contributed by atoms with Crippen LogP contribution < -0.4 is 5.73 Å². The van der Waals surface area contributed by atoms with E-state index >= 15 is 0 Å². The summed E-state index contributed by atoms with van der Waals surface area (Å²) >= 11 is 6.05. The first-order valence-electron chi connectivity index (χ1n) is 6.85. The number of benzene rings is 1. The van der Waals surface area contributed by atoms with Crippen LogP contribution in [0.1, 0.15) is 44.3 Å². The SMILES string of the molecule is CCC1CCC(CN)(C(O)c2ccc(F)cc2Cl)C1. The monoisotopic (exact) mass is 285 g/mol. The third-order valence-corrected chi connectivity index (χ3v) is 4.89. The predicted molar refractivity (Wildman–Crippen MR) is 75.5 cm³/mol. The van der Waals surface area contributed by atoms with Crippen molar-refractivity contribution in [1.82, 2.24) is 0 Å². The van der Waals surface area contributed by atoms with Crippen LogP contribution in [-0.2, 0) is 0 Å². The molecule has 2 rings (SSSR count). The second-order valence-corrected chi connectivity index (χ2v) is 6.06. The zero-order chi connectivity index (χ0) is 14.0. The Bertz CT molecular complexity index is 454. The molecule has 0 heterocycles. The zero-order valence-corrected chi connectivity index (χ0v) is 12.0. The number of halogens is 2. The molecule has 0 amide bonds. The number of aliphatic hydroxyl groups is 1. The lowest BCUT2D eigenvalue weighted by molar-refractivity contribution is 0.0302. The molecule has 3 atom stereocenters. The van der Waals surface area contributed by atoms with Gasteiger partial charge >= 0.3 is 0 Å². The van der Waals surface area contributed by atoms with E-state index in [1.807, 2.05) is 0 Å². The summed E-state index contributed by atoms with van der Waals surface area (Å²) in [5.41, 5.74) is 6.20. The van der Waals surface area contributed by atoms with E-state index in [-0.39, 0.29) is 16.3 Å². The first-order valence-corrected chi connectivity index (χ1v) is 7.23. The second-order valence-electron chi connectivity index (χ2n) is 5.65. The lowest BCUT2D eigenvalue weighted by atomic mass is 9.76. The first-order chi connectivity index (χ1) is 9.02. The minimum absolute atomic E-state index is 0.278. The number of aliphatic hydroxyl groups excluding tert-OH is 1. The molecule has 1 fully saturated rings. The first kappa shape index (κ1) is 14.8. The van der Waals surface area contributed by atoms with Gasteiger partial charge in [0.1, 0.15) is 5.82 Å². The van der Waals surface area contributed by atoms with E-state index in [9.17, 15) is 9.50 Å². The van der Waals surface area contributed by atoms with Crippen LogP contribution in [0.3, 0.4) is 0 Å². The Morgan fingerprint density at radius 1 is 1.58 bits per heavy atom. The van der Waals surface area contributed by atoms with Gasteiger partial charge in [0.2, 0.25) is 0 Å². The van der Waals surface area contributed by atoms with Crippen molar-refractivity contribution in [3.63, 3.8) is 0 Å². The van der Waals surface area contributed by atoms with E-state index in [1.165, 1.54) is 12.1 Å². The third-order valence-electron chi connectivity index (χ3n) is 4.57. The molecule has 1 aromatic carbocycles. The Hall–Kier alpha value is -0.640. The predicted octanol–water partition coefficient (Wildman–Crippen LogP) is 3.67. The fourth-order valence-electron chi connectivity index (χ4n) is 3.22. The number of hydrogen-bond donors (Lipinski definition) is 2. The Balaban J connectivity index is 2.28. The van der Waals surface area contributed by atoms with Crippen molar-refractivity contribution >= 4 is 11.6 Å². The van der Waals surface area contributed by atoms with Crippen LogP contribution in [0.15, 0.2) is 18.2 Å². The molecule has 0 saturated heterocycles. The van der Waals surface area contributed by atoms with Crippen LogP contribution in [0.25, 0.3) is 0 Å². The normalized spacial score (nSPS) is 28.6. The minimum Gasteiger partial charge on any atom is -0.388 e. The van der Waals surface area contributed by atoms with E-state index in [2.05, 4.69) is 6.92 Å². The van der Waals surface area contributed by atoms with E-state index in [0.29, 0.717) is 18.0 Å². The van der Waals surface area contributed by atoms with Crippen LogP contribution in [0.5, 0.6) is 0 Å². The molecule has 2 nitrogen and oxygen atoms in total. The van der Waals surface area contributed by atoms with Crippen LogP contribution in [0.4, 0.5) is 4.39 Å². The summed E-state index contributed by atoms with van der Waals surface area (Å²) < 4.78 is 13.1. The second kappa shape index (κ2) is 5.78. The standard InChI is InChI=1S/C15H21ClFNO/c1-2-10-5-6-15(8-10,9-18)14(19)12-4-3-11(17)7-13(12)16/h3-4,7,10,14,19H,2,5-6,8-9,18H2,1H3. The summed E-state index contributed by atoms with van der Waals surface area (Å²) in [4.78, 5) is 0. The van der Waals surface area contributed by atoms with Gasteiger partial charge in [-0.05, 0) is 42.9 Å². The maximum absolute atomic E-state index is 13.1. The summed E-state index contributed by atoms with van der Waals surface area (Å²) in [6.07, 6.45) is 3.28. The van der Waals surface area contributed by atoms with Crippen LogP contribution in [-0.4, -0.2) is 11.7 Å². The van der Waals surface area contributed by atoms with Crippen molar-refractivity contribution in [3.8, 4) is 0 Å². The van der Waals surface area contributed by atoms with Gasteiger partial charge in [-0.1, -0.05) is 31.0 Å². The van der Waals surface area contributed by atoms with Gasteiger partial charge in [0.15, 0.2) is 0 Å². The van der Waals surface area contributed by atoms with E-state index < -0.39 is 6.10 Å². The average Bonchev–Trinajstić information content (AvgIpc) is 2.83. The largest absolute Gasteiger partial charge is 0.388 e. The Labute approximate surface area is 118 Å². The highest BCUT2D eigenvalue weighted by Crippen LogP contribution is 2.51. The van der Waals surface area contributed by atoms with Gasteiger partial charge in [-0.2, -0.15) is 0 Å². The average molecular weight is 286 g/mol. The molecule has 0 spiro atoms. The van der Waals surface area contributed by atoms with Crippen LogP contribution >= 0.6 is 11.6 Å². The molecular weight excluding hydrogens is 265 g/mol. The molecule has 1 aliphatic rings. The van der Waals surface area contributed by atoms with Gasteiger partial charge in [-0.3, -0.25) is 0 Å². The molecule has 0 aliphatic heterocycles. The van der Waals surface area contributed by atoms with Crippen molar-refractivity contribution < 1.29 is 9.50 Å². The summed E-state index contributed by atoms with van der Waals surface area (Å²) in [7, 11) is 0. The molecule has 1 saturated carbocycles. The van der Waals surface area contributed by atoms with E-state index in [1.54, 1.807) is 6.07 Å². The minimum atomic E-state index is -0.720. The molecular formula is C15H21ClFNO. The van der Waals surface area contributed by atoms with E-state index in [0.717, 1.165) is 25.7 Å². The summed E-state index contributed by atoms with van der Waals surface area (Å²) in [5, 5.41) is 10.9. The molecule has 1 aliphatic carbocycles. The Morgan fingerprint density at radius 2 is 2.32 bits per heavy atom. The highest BCUT2D eigenvalue weighted by atomic mass is 35.5. The Morgan fingerprint density at radius 3 is 2.84 bits per heavy atom. The number of rotatable bonds is 4. The summed E-state index contributed by atoms with van der Waals surface area (Å²) in [6.45, 7) is 2.59. The van der Waals surface area contributed by atoms with Gasteiger partial charge in [0.25, 0.3) is 0 Å². The van der Waals surface area contributed by atoms with Crippen molar-refractivity contribution in [3.05, 3.63) is 34.6 Å². The quantitative estimate of drug-likeness (QED) is 0.887. The van der Waals surface area contributed by atoms with Crippen molar-refractivity contribution in [2.75, 3.05) is 6.54 Å². The third kappa shape index (κ3) is 2.78. The van der Waals surface area contributed by atoms with Gasteiger partial charge in [0, 0.05) is 17.0 Å². The van der Waals surface area contributed by atoms with Crippen molar-refractivity contribution in [2.24, 2.45) is 17.1 Å². The van der Waals surface area contributed by atoms with E-state index in [4.69, 9.17) is 17.3 Å². The van der Waals surface area contributed by atoms with Gasteiger partial charge in [-0.15, -0.1) is 0 Å². The fraction of sp³-hybridized carbons (Fsp3) is 0.600. The van der Waals surface area contributed by atoms with Gasteiger partial charge in [0.05, 0.1) is 6.10 Å². The van der Waals surface area contributed by atoms with Crippen molar-refractivity contribution in [2.45, 2.75) is 38.7 Å². The highest BCUT2D eigenvalue weighted by molar-refractivity contribution is 6.31. The molecule has 19 heavy (non-hydrogen) atoms. The molecule has 1 aromatic rings. The zero-order valence-electron chi connectivity index (χ0n) is 11.2. The lowest BCUT2D eigenvalue weighted by Gasteiger charge is -2.34. The van der Waals surface area contributed by atoms with Crippen LogP contribution in [0.2, 0.25) is 5.02 Å². The Kier molecular flexibility index (Phi) is 4.49. The molecule has 0 radical (unpaired) electrons. The molecule has 0 bridgehead atoms. The van der Waals surface area contributed by atoms with Crippen LogP contribution in [0, 0.1) is 17.2 Å². The molecule has 3 N–H and O–H groups in total. The topological polar surface area (TPSA) is 46.2 Å². The smallest absolute Gasteiger partial charge is 0.124 e.